The molecular weight excluding hydrogens is 282 g/mol. The van der Waals surface area contributed by atoms with Gasteiger partial charge < -0.3 is 21.1 Å². The summed E-state index contributed by atoms with van der Waals surface area (Å²) in [6.07, 6.45) is 0.692. The summed E-state index contributed by atoms with van der Waals surface area (Å²) in [5.74, 6) is 0.315. The van der Waals surface area contributed by atoms with Gasteiger partial charge in [-0.2, -0.15) is 0 Å². The van der Waals surface area contributed by atoms with Crippen LogP contribution in [0.4, 0.5) is 0 Å². The molecule has 4 N–H and O–H groups in total. The number of nitrogens with one attached hydrogen (secondary N) is 2. The van der Waals surface area contributed by atoms with E-state index in [1.807, 2.05) is 38.1 Å². The van der Waals surface area contributed by atoms with Crippen LogP contribution in [-0.2, 0) is 16.0 Å². The van der Waals surface area contributed by atoms with E-state index < -0.39 is 11.5 Å². The van der Waals surface area contributed by atoms with Crippen molar-refractivity contribution in [3.8, 4) is 5.75 Å². The highest BCUT2D eigenvalue weighted by Gasteiger charge is 2.49. The second-order valence-corrected chi connectivity index (χ2v) is 6.14. The standard InChI is InChI=1S/C16H23N3O3/c1-16(2)12(8-10-4-6-11(22-3)7-5-10)18-15(21)14(16)19-13(20)9-17/h4-7,12,14H,8-9,17H2,1-3H3,(H,18,21)(H,19,20). The Kier molecular flexibility index (Phi) is 4.71. The van der Waals surface area contributed by atoms with Gasteiger partial charge in [0.05, 0.1) is 13.7 Å². The van der Waals surface area contributed by atoms with Gasteiger partial charge >= 0.3 is 0 Å². The zero-order valence-electron chi connectivity index (χ0n) is 13.2. The predicted octanol–water partition coefficient (Wildman–Crippen LogP) is 0.206. The molecule has 2 unspecified atom stereocenters. The van der Waals surface area contributed by atoms with Crippen molar-refractivity contribution in [3.05, 3.63) is 29.8 Å². The Morgan fingerprint density at radius 1 is 1.36 bits per heavy atom. The quantitative estimate of drug-likeness (QED) is 0.725. The Bertz CT molecular complexity index is 554. The molecule has 0 spiro atoms. The van der Waals surface area contributed by atoms with Gasteiger partial charge in [0.1, 0.15) is 11.8 Å². The van der Waals surface area contributed by atoms with Crippen LogP contribution < -0.4 is 21.1 Å². The minimum absolute atomic E-state index is 0.0588. The third-order valence-corrected chi connectivity index (χ3v) is 4.31. The molecule has 1 heterocycles. The van der Waals surface area contributed by atoms with Crippen molar-refractivity contribution < 1.29 is 14.3 Å². The number of hydrogen-bond donors (Lipinski definition) is 3. The van der Waals surface area contributed by atoms with Crippen molar-refractivity contribution in [2.75, 3.05) is 13.7 Å². The fraction of sp³-hybridized carbons (Fsp3) is 0.500. The topological polar surface area (TPSA) is 93.5 Å². The first-order valence-electron chi connectivity index (χ1n) is 7.31. The van der Waals surface area contributed by atoms with Gasteiger partial charge in [-0.15, -0.1) is 0 Å². The maximum absolute atomic E-state index is 12.2. The predicted molar refractivity (Wildman–Crippen MR) is 83.4 cm³/mol. The molecular formula is C16H23N3O3. The van der Waals surface area contributed by atoms with Gasteiger partial charge in [0.2, 0.25) is 11.8 Å². The zero-order chi connectivity index (χ0) is 16.3. The largest absolute Gasteiger partial charge is 0.497 e. The van der Waals surface area contributed by atoms with Gasteiger partial charge in [-0.3, -0.25) is 9.59 Å². The second kappa shape index (κ2) is 6.36. The molecule has 0 radical (unpaired) electrons. The fourth-order valence-electron chi connectivity index (χ4n) is 2.76. The van der Waals surface area contributed by atoms with Gasteiger partial charge in [-0.05, 0) is 24.1 Å². The molecule has 1 saturated heterocycles. The SMILES string of the molecule is COc1ccc(CC2NC(=O)C(NC(=O)CN)C2(C)C)cc1. The van der Waals surface area contributed by atoms with Gasteiger partial charge in [0.25, 0.3) is 0 Å². The number of rotatable bonds is 5. The Labute approximate surface area is 130 Å². The lowest BCUT2D eigenvalue weighted by molar-refractivity contribution is -0.127. The molecule has 1 aromatic rings. The maximum Gasteiger partial charge on any atom is 0.243 e. The van der Waals surface area contributed by atoms with E-state index in [1.165, 1.54) is 0 Å². The van der Waals surface area contributed by atoms with Crippen molar-refractivity contribution in [1.82, 2.24) is 10.6 Å². The fourth-order valence-corrected chi connectivity index (χ4v) is 2.76. The zero-order valence-corrected chi connectivity index (χ0v) is 13.2. The summed E-state index contributed by atoms with van der Waals surface area (Å²) in [6, 6.07) is 7.13. The van der Waals surface area contributed by atoms with Crippen molar-refractivity contribution in [1.29, 1.82) is 0 Å². The average Bonchev–Trinajstić information content (AvgIpc) is 2.71. The molecule has 2 amide bonds. The first kappa shape index (κ1) is 16.3. The second-order valence-electron chi connectivity index (χ2n) is 6.14. The molecule has 22 heavy (non-hydrogen) atoms. The number of hydrogen-bond acceptors (Lipinski definition) is 4. The summed E-state index contributed by atoms with van der Waals surface area (Å²) in [5, 5.41) is 5.68. The van der Waals surface area contributed by atoms with Crippen LogP contribution in [0.15, 0.2) is 24.3 Å². The molecule has 1 aromatic carbocycles. The van der Waals surface area contributed by atoms with Gasteiger partial charge in [-0.25, -0.2) is 0 Å². The van der Waals surface area contributed by atoms with Crippen molar-refractivity contribution >= 4 is 11.8 Å². The van der Waals surface area contributed by atoms with E-state index >= 15 is 0 Å². The number of carbonyl (C=O) groups is 2. The highest BCUT2D eigenvalue weighted by atomic mass is 16.5. The van der Waals surface area contributed by atoms with E-state index in [-0.39, 0.29) is 24.4 Å². The summed E-state index contributed by atoms with van der Waals surface area (Å²) in [5.41, 5.74) is 6.01. The Morgan fingerprint density at radius 2 is 2.00 bits per heavy atom. The first-order chi connectivity index (χ1) is 10.4. The van der Waals surface area contributed by atoms with E-state index in [2.05, 4.69) is 10.6 Å². The Hall–Kier alpha value is -2.08. The van der Waals surface area contributed by atoms with E-state index in [1.54, 1.807) is 7.11 Å². The molecule has 120 valence electrons. The molecule has 6 nitrogen and oxygen atoms in total. The lowest BCUT2D eigenvalue weighted by Crippen LogP contribution is -2.49. The molecule has 0 aromatic heterocycles. The number of methoxy groups -OCH3 is 1. The van der Waals surface area contributed by atoms with Crippen LogP contribution in [0.5, 0.6) is 5.75 Å². The van der Waals surface area contributed by atoms with Crippen LogP contribution in [0.3, 0.4) is 0 Å². The lowest BCUT2D eigenvalue weighted by atomic mass is 9.78. The van der Waals surface area contributed by atoms with Gasteiger partial charge in [0, 0.05) is 11.5 Å². The summed E-state index contributed by atoms with van der Waals surface area (Å²) in [6.45, 7) is 3.82. The third kappa shape index (κ3) is 3.22. The Balaban J connectivity index is 2.11. The van der Waals surface area contributed by atoms with E-state index in [0.29, 0.717) is 6.42 Å². The third-order valence-electron chi connectivity index (χ3n) is 4.31. The summed E-state index contributed by atoms with van der Waals surface area (Å²) < 4.78 is 5.14. The molecule has 1 aliphatic rings. The van der Waals surface area contributed by atoms with Crippen LogP contribution in [0.25, 0.3) is 0 Å². The molecule has 0 bridgehead atoms. The highest BCUT2D eigenvalue weighted by Crippen LogP contribution is 2.33. The average molecular weight is 305 g/mol. The van der Waals surface area contributed by atoms with Crippen LogP contribution in [0.1, 0.15) is 19.4 Å². The molecule has 6 heteroatoms. The molecule has 2 rings (SSSR count). The summed E-state index contributed by atoms with van der Waals surface area (Å²) >= 11 is 0. The van der Waals surface area contributed by atoms with E-state index in [9.17, 15) is 9.59 Å². The van der Waals surface area contributed by atoms with Crippen molar-refractivity contribution in [2.24, 2.45) is 11.1 Å². The summed E-state index contributed by atoms with van der Waals surface area (Å²) in [7, 11) is 1.63. The summed E-state index contributed by atoms with van der Waals surface area (Å²) in [4.78, 5) is 23.7. The number of benzene rings is 1. The normalized spacial score (nSPS) is 23.0. The van der Waals surface area contributed by atoms with Crippen LogP contribution in [-0.4, -0.2) is 37.6 Å². The van der Waals surface area contributed by atoms with Gasteiger partial charge in [-0.1, -0.05) is 26.0 Å². The van der Waals surface area contributed by atoms with Crippen LogP contribution in [0.2, 0.25) is 0 Å². The maximum atomic E-state index is 12.2. The minimum atomic E-state index is -0.563. The van der Waals surface area contributed by atoms with Crippen molar-refractivity contribution in [3.63, 3.8) is 0 Å². The van der Waals surface area contributed by atoms with E-state index in [0.717, 1.165) is 11.3 Å². The van der Waals surface area contributed by atoms with E-state index in [4.69, 9.17) is 10.5 Å². The monoisotopic (exact) mass is 305 g/mol. The molecule has 0 aliphatic carbocycles. The van der Waals surface area contributed by atoms with Crippen molar-refractivity contribution in [2.45, 2.75) is 32.4 Å². The number of carbonyl (C=O) groups excluding carboxylic acids is 2. The lowest BCUT2D eigenvalue weighted by Gasteiger charge is -2.30. The number of ether oxygens (including phenoxy) is 1. The molecule has 0 saturated carbocycles. The number of amides is 2. The van der Waals surface area contributed by atoms with Crippen LogP contribution >= 0.6 is 0 Å². The molecule has 1 fully saturated rings. The van der Waals surface area contributed by atoms with Crippen LogP contribution in [0, 0.1) is 5.41 Å². The molecule has 1 aliphatic heterocycles. The first-order valence-corrected chi connectivity index (χ1v) is 7.31. The smallest absolute Gasteiger partial charge is 0.243 e. The highest BCUT2D eigenvalue weighted by molar-refractivity contribution is 5.91. The minimum Gasteiger partial charge on any atom is -0.497 e. The van der Waals surface area contributed by atoms with Gasteiger partial charge in [0.15, 0.2) is 0 Å². The number of nitrogens with two attached hydrogens (primary N) is 1. The molecule has 2 atom stereocenters. The Morgan fingerprint density at radius 3 is 2.55 bits per heavy atom.